The maximum Gasteiger partial charge on any atom is 0.238 e. The number of nitrogens with zero attached hydrogens (tertiary/aromatic N) is 2. The summed E-state index contributed by atoms with van der Waals surface area (Å²) in [4.78, 5) is 7.36. The minimum absolute atomic E-state index is 0.120. The van der Waals surface area contributed by atoms with Crippen molar-refractivity contribution in [1.82, 2.24) is 10.2 Å². The Morgan fingerprint density at radius 3 is 2.60 bits per heavy atom. The van der Waals surface area contributed by atoms with Crippen LogP contribution in [-0.4, -0.2) is 38.9 Å². The first-order chi connectivity index (χ1) is 14.4. The van der Waals surface area contributed by atoms with Gasteiger partial charge in [-0.1, -0.05) is 25.0 Å². The van der Waals surface area contributed by atoms with Crippen LogP contribution in [0.15, 0.2) is 57.0 Å². The van der Waals surface area contributed by atoms with Gasteiger partial charge in [0.1, 0.15) is 5.76 Å². The van der Waals surface area contributed by atoms with Crippen LogP contribution in [0.25, 0.3) is 0 Å². The molecule has 7 nitrogen and oxygen atoms in total. The zero-order valence-corrected chi connectivity index (χ0v) is 18.0. The van der Waals surface area contributed by atoms with Crippen molar-refractivity contribution in [1.29, 1.82) is 0 Å². The summed E-state index contributed by atoms with van der Waals surface area (Å²) in [7, 11) is -3.68. The maximum absolute atomic E-state index is 11.4. The summed E-state index contributed by atoms with van der Waals surface area (Å²) in [5.74, 6) is 1.87. The van der Waals surface area contributed by atoms with Crippen molar-refractivity contribution in [2.45, 2.75) is 50.0 Å². The Balaban J connectivity index is 1.44. The van der Waals surface area contributed by atoms with Crippen molar-refractivity contribution in [3.05, 3.63) is 54.0 Å². The number of furan rings is 1. The van der Waals surface area contributed by atoms with Crippen molar-refractivity contribution >= 4 is 16.0 Å². The Morgan fingerprint density at radius 1 is 1.17 bits per heavy atom. The third-order valence-corrected chi connectivity index (χ3v) is 7.23. The van der Waals surface area contributed by atoms with Crippen LogP contribution in [-0.2, 0) is 23.0 Å². The highest BCUT2D eigenvalue weighted by Crippen LogP contribution is 2.45. The monoisotopic (exact) mass is 430 g/mol. The van der Waals surface area contributed by atoms with Gasteiger partial charge in [-0.2, -0.15) is 0 Å². The van der Waals surface area contributed by atoms with Crippen molar-refractivity contribution in [3.63, 3.8) is 0 Å². The molecule has 4 rings (SSSR count). The predicted octanol–water partition coefficient (Wildman–Crippen LogP) is 2.88. The van der Waals surface area contributed by atoms with Crippen molar-refractivity contribution in [3.8, 4) is 0 Å². The summed E-state index contributed by atoms with van der Waals surface area (Å²) in [6.45, 7) is 3.32. The first-order valence-corrected chi connectivity index (χ1v) is 12.2. The van der Waals surface area contributed by atoms with Gasteiger partial charge in [0.15, 0.2) is 5.96 Å². The van der Waals surface area contributed by atoms with Crippen LogP contribution in [0.5, 0.6) is 0 Å². The normalized spacial score (nSPS) is 19.0. The van der Waals surface area contributed by atoms with E-state index < -0.39 is 10.0 Å². The summed E-state index contributed by atoms with van der Waals surface area (Å²) >= 11 is 0. The van der Waals surface area contributed by atoms with Crippen molar-refractivity contribution in [2.24, 2.45) is 15.5 Å². The highest BCUT2D eigenvalue weighted by Gasteiger charge is 2.41. The molecule has 162 valence electrons. The molecule has 8 heteroatoms. The van der Waals surface area contributed by atoms with Gasteiger partial charge < -0.3 is 14.6 Å². The van der Waals surface area contributed by atoms with Gasteiger partial charge in [0.05, 0.1) is 17.7 Å². The largest absolute Gasteiger partial charge is 0.469 e. The molecule has 0 bridgehead atoms. The lowest BCUT2D eigenvalue weighted by Gasteiger charge is -2.26. The number of rotatable bonds is 6. The van der Waals surface area contributed by atoms with Crippen LogP contribution in [0.3, 0.4) is 0 Å². The maximum atomic E-state index is 11.4. The molecule has 0 unspecified atom stereocenters. The molecule has 2 heterocycles. The number of guanidine groups is 1. The van der Waals surface area contributed by atoms with Gasteiger partial charge >= 0.3 is 0 Å². The summed E-state index contributed by atoms with van der Waals surface area (Å²) in [6, 6.07) is 10.5. The molecule has 1 spiro atoms. The molecule has 1 saturated carbocycles. The quantitative estimate of drug-likeness (QED) is 0.542. The first kappa shape index (κ1) is 20.9. The standard InChI is InChI=1S/C22H30N4O3S/c23-30(27,28)20-7-5-18(6-8-20)16-25-21(24-13-9-19-4-3-15-29-19)26-14-12-22(17-26)10-1-2-11-22/h3-8,15H,1-2,9-14,16-17H2,(H,24,25)(H2,23,27,28). The van der Waals surface area contributed by atoms with Gasteiger partial charge in [0.25, 0.3) is 0 Å². The van der Waals surface area contributed by atoms with E-state index in [-0.39, 0.29) is 4.90 Å². The Kier molecular flexibility index (Phi) is 6.15. The second-order valence-corrected chi connectivity index (χ2v) is 10.0. The smallest absolute Gasteiger partial charge is 0.238 e. The molecule has 1 aliphatic heterocycles. The number of sulfonamides is 1. The molecule has 30 heavy (non-hydrogen) atoms. The Labute approximate surface area is 178 Å². The summed E-state index contributed by atoms with van der Waals surface area (Å²) < 4.78 is 28.3. The van der Waals surface area contributed by atoms with E-state index in [9.17, 15) is 8.42 Å². The van der Waals surface area contributed by atoms with Gasteiger partial charge in [-0.3, -0.25) is 0 Å². The summed E-state index contributed by atoms with van der Waals surface area (Å²) in [5.41, 5.74) is 1.41. The van der Waals surface area contributed by atoms with Crippen LogP contribution in [0, 0.1) is 5.41 Å². The summed E-state index contributed by atoms with van der Waals surface area (Å²) in [5, 5.41) is 8.70. The second-order valence-electron chi connectivity index (χ2n) is 8.46. The average Bonchev–Trinajstić information content (AvgIpc) is 3.48. The van der Waals surface area contributed by atoms with E-state index in [1.165, 1.54) is 44.2 Å². The predicted molar refractivity (Wildman–Crippen MR) is 116 cm³/mol. The first-order valence-electron chi connectivity index (χ1n) is 10.6. The van der Waals surface area contributed by atoms with Crippen molar-refractivity contribution in [2.75, 3.05) is 19.6 Å². The number of likely N-dealkylation sites (tertiary alicyclic amines) is 1. The second kappa shape index (κ2) is 8.81. The lowest BCUT2D eigenvalue weighted by molar-refractivity contribution is 0.309. The molecule has 3 N–H and O–H groups in total. The number of nitrogens with one attached hydrogen (secondary N) is 1. The number of hydrogen-bond donors (Lipinski definition) is 2. The van der Waals surface area contributed by atoms with Gasteiger partial charge in [0.2, 0.25) is 10.0 Å². The number of primary sulfonamides is 1. The van der Waals surface area contributed by atoms with E-state index in [1.807, 2.05) is 12.1 Å². The molecule has 1 saturated heterocycles. The molecule has 0 radical (unpaired) electrons. The topological polar surface area (TPSA) is 101 Å². The summed E-state index contributed by atoms with van der Waals surface area (Å²) in [6.07, 6.45) is 9.03. The molecule has 0 amide bonds. The van der Waals surface area contributed by atoms with Gasteiger partial charge in [-0.15, -0.1) is 0 Å². The molecular weight excluding hydrogens is 400 g/mol. The number of hydrogen-bond acceptors (Lipinski definition) is 4. The molecule has 1 aromatic heterocycles. The van der Waals surface area contributed by atoms with E-state index in [1.54, 1.807) is 18.4 Å². The minimum Gasteiger partial charge on any atom is -0.469 e. The Hall–Kier alpha value is -2.32. The minimum atomic E-state index is -3.68. The molecule has 1 aliphatic carbocycles. The lowest BCUT2D eigenvalue weighted by atomic mass is 9.86. The molecule has 2 fully saturated rings. The lowest BCUT2D eigenvalue weighted by Crippen LogP contribution is -2.42. The van der Waals surface area contributed by atoms with E-state index >= 15 is 0 Å². The molecule has 2 aliphatic rings. The third kappa shape index (κ3) is 5.05. The van der Waals surface area contributed by atoms with Gasteiger partial charge in [-0.05, 0) is 54.5 Å². The molecular formula is C22H30N4O3S. The van der Waals surface area contributed by atoms with E-state index in [0.29, 0.717) is 12.0 Å². The number of nitrogens with two attached hydrogens (primary N) is 1. The van der Waals surface area contributed by atoms with E-state index in [0.717, 1.165) is 43.3 Å². The molecule has 1 aromatic carbocycles. The Morgan fingerprint density at radius 2 is 1.93 bits per heavy atom. The Bertz CT molecular complexity index is 962. The van der Waals surface area contributed by atoms with Crippen LogP contribution < -0.4 is 10.5 Å². The van der Waals surface area contributed by atoms with Crippen LogP contribution in [0.2, 0.25) is 0 Å². The highest BCUT2D eigenvalue weighted by atomic mass is 32.2. The zero-order valence-electron chi connectivity index (χ0n) is 17.2. The SMILES string of the molecule is NS(=O)(=O)c1ccc(CN=C(NCCc2ccco2)N2CCC3(CCCC3)C2)cc1. The third-order valence-electron chi connectivity index (χ3n) is 6.30. The van der Waals surface area contributed by atoms with Crippen LogP contribution >= 0.6 is 0 Å². The fourth-order valence-corrected chi connectivity index (χ4v) is 5.14. The van der Waals surface area contributed by atoms with Crippen molar-refractivity contribution < 1.29 is 12.8 Å². The number of benzene rings is 1. The van der Waals surface area contributed by atoms with Crippen LogP contribution in [0.4, 0.5) is 0 Å². The van der Waals surface area contributed by atoms with E-state index in [2.05, 4.69) is 10.2 Å². The molecule has 2 aromatic rings. The van der Waals surface area contributed by atoms with Gasteiger partial charge in [-0.25, -0.2) is 18.5 Å². The fraction of sp³-hybridized carbons (Fsp3) is 0.500. The molecule has 0 atom stereocenters. The number of aliphatic imine (C=N–C) groups is 1. The van der Waals surface area contributed by atoms with E-state index in [4.69, 9.17) is 14.5 Å². The van der Waals surface area contributed by atoms with Gasteiger partial charge in [0, 0.05) is 26.1 Å². The average molecular weight is 431 g/mol. The highest BCUT2D eigenvalue weighted by molar-refractivity contribution is 7.89. The zero-order chi connectivity index (χ0) is 21.0. The fourth-order valence-electron chi connectivity index (χ4n) is 4.62. The van der Waals surface area contributed by atoms with Crippen LogP contribution in [0.1, 0.15) is 43.4 Å².